The van der Waals surface area contributed by atoms with Crippen molar-refractivity contribution in [3.05, 3.63) is 35.6 Å². The second-order valence-electron chi connectivity index (χ2n) is 6.98. The molecule has 0 amide bonds. The van der Waals surface area contributed by atoms with Crippen LogP contribution >= 0.6 is 0 Å². The van der Waals surface area contributed by atoms with Crippen LogP contribution in [0.5, 0.6) is 0 Å². The highest BCUT2D eigenvalue weighted by molar-refractivity contribution is 5.79. The molecule has 1 aliphatic heterocycles. The van der Waals surface area contributed by atoms with Crippen molar-refractivity contribution in [2.45, 2.75) is 33.2 Å². The molecule has 26 heavy (non-hydrogen) atoms. The molecule has 1 aromatic carbocycles. The van der Waals surface area contributed by atoms with Crippen LogP contribution < -0.4 is 10.6 Å². The molecule has 1 atom stereocenters. The van der Waals surface area contributed by atoms with Gasteiger partial charge >= 0.3 is 0 Å². The third kappa shape index (κ3) is 6.92. The Hall–Kier alpha value is -1.66. The van der Waals surface area contributed by atoms with Crippen LogP contribution in [0.25, 0.3) is 0 Å². The fourth-order valence-corrected chi connectivity index (χ4v) is 3.16. The smallest absolute Gasteiger partial charge is 0.191 e. The van der Waals surface area contributed by atoms with Crippen LogP contribution in [0, 0.1) is 11.7 Å². The first-order valence-electron chi connectivity index (χ1n) is 9.68. The zero-order chi connectivity index (χ0) is 18.8. The zero-order valence-electron chi connectivity index (χ0n) is 16.3. The molecule has 1 fully saturated rings. The van der Waals surface area contributed by atoms with Gasteiger partial charge in [0.25, 0.3) is 0 Å². The number of halogens is 1. The Balaban J connectivity index is 1.87. The molecule has 0 radical (unpaired) electrons. The number of hydrogen-bond acceptors (Lipinski definition) is 3. The molecule has 6 heteroatoms. The highest BCUT2D eigenvalue weighted by atomic mass is 19.1. The van der Waals surface area contributed by atoms with E-state index in [0.717, 1.165) is 63.9 Å². The first-order valence-corrected chi connectivity index (χ1v) is 9.68. The molecule has 1 aliphatic rings. The Morgan fingerprint density at radius 1 is 1.19 bits per heavy atom. The molecule has 1 saturated heterocycles. The number of aliphatic imine (C=N–C) groups is 1. The average molecular weight is 365 g/mol. The molecule has 1 unspecified atom stereocenters. The lowest BCUT2D eigenvalue weighted by molar-refractivity contribution is 0.00867. The van der Waals surface area contributed by atoms with Gasteiger partial charge in [0.2, 0.25) is 0 Å². The van der Waals surface area contributed by atoms with Gasteiger partial charge in [0.1, 0.15) is 5.82 Å². The van der Waals surface area contributed by atoms with E-state index >= 15 is 0 Å². The van der Waals surface area contributed by atoms with Crippen molar-refractivity contribution in [1.82, 2.24) is 15.5 Å². The van der Waals surface area contributed by atoms with E-state index < -0.39 is 0 Å². The molecule has 146 valence electrons. The maximum absolute atomic E-state index is 13.0. The Morgan fingerprint density at radius 2 is 1.88 bits per heavy atom. The second kappa shape index (κ2) is 11.1. The minimum absolute atomic E-state index is 0.195. The number of benzene rings is 1. The van der Waals surface area contributed by atoms with Crippen molar-refractivity contribution in [2.24, 2.45) is 10.9 Å². The van der Waals surface area contributed by atoms with Gasteiger partial charge in [-0.3, -0.25) is 9.89 Å². The van der Waals surface area contributed by atoms with Crippen LogP contribution in [0.2, 0.25) is 0 Å². The molecule has 0 aliphatic carbocycles. The maximum Gasteiger partial charge on any atom is 0.191 e. The van der Waals surface area contributed by atoms with E-state index in [4.69, 9.17) is 9.73 Å². The second-order valence-corrected chi connectivity index (χ2v) is 6.98. The van der Waals surface area contributed by atoms with Gasteiger partial charge in [0, 0.05) is 32.2 Å². The molecule has 0 spiro atoms. The van der Waals surface area contributed by atoms with Gasteiger partial charge in [-0.25, -0.2) is 4.39 Å². The van der Waals surface area contributed by atoms with Gasteiger partial charge in [-0.2, -0.15) is 0 Å². The Morgan fingerprint density at radius 3 is 2.50 bits per heavy atom. The van der Waals surface area contributed by atoms with Crippen LogP contribution in [0.3, 0.4) is 0 Å². The predicted molar refractivity (Wildman–Crippen MR) is 105 cm³/mol. The summed E-state index contributed by atoms with van der Waals surface area (Å²) < 4.78 is 18.4. The Labute approximate surface area is 157 Å². The van der Waals surface area contributed by atoms with Gasteiger partial charge in [-0.15, -0.1) is 0 Å². The van der Waals surface area contributed by atoms with Crippen molar-refractivity contribution in [3.63, 3.8) is 0 Å². The van der Waals surface area contributed by atoms with E-state index in [-0.39, 0.29) is 5.82 Å². The van der Waals surface area contributed by atoms with E-state index in [9.17, 15) is 4.39 Å². The summed E-state index contributed by atoms with van der Waals surface area (Å²) >= 11 is 0. The third-order valence-electron chi connectivity index (χ3n) is 4.68. The summed E-state index contributed by atoms with van der Waals surface area (Å²) in [7, 11) is 0. The topological polar surface area (TPSA) is 48.9 Å². The summed E-state index contributed by atoms with van der Waals surface area (Å²) in [6, 6.07) is 7.09. The number of morpholine rings is 1. The van der Waals surface area contributed by atoms with Crippen molar-refractivity contribution in [3.8, 4) is 0 Å². The highest BCUT2D eigenvalue weighted by Gasteiger charge is 2.23. The van der Waals surface area contributed by atoms with Crippen molar-refractivity contribution in [1.29, 1.82) is 0 Å². The van der Waals surface area contributed by atoms with Gasteiger partial charge in [0.15, 0.2) is 5.96 Å². The molecule has 1 aromatic rings. The van der Waals surface area contributed by atoms with Crippen LogP contribution in [0.15, 0.2) is 29.3 Å². The summed E-state index contributed by atoms with van der Waals surface area (Å²) in [4.78, 5) is 7.29. The van der Waals surface area contributed by atoms with E-state index in [1.165, 1.54) is 12.1 Å². The van der Waals surface area contributed by atoms with Crippen LogP contribution in [0.4, 0.5) is 4.39 Å². The van der Waals surface area contributed by atoms with Crippen molar-refractivity contribution in [2.75, 3.05) is 45.9 Å². The summed E-state index contributed by atoms with van der Waals surface area (Å²) in [5, 5.41) is 6.69. The van der Waals surface area contributed by atoms with E-state index in [2.05, 4.69) is 36.3 Å². The lowest BCUT2D eigenvalue weighted by atomic mass is 10.0. The molecule has 5 nitrogen and oxygen atoms in total. The lowest BCUT2D eigenvalue weighted by Gasteiger charge is -2.36. The van der Waals surface area contributed by atoms with Gasteiger partial charge in [0.05, 0.1) is 19.8 Å². The third-order valence-corrected chi connectivity index (χ3v) is 4.68. The van der Waals surface area contributed by atoms with Crippen molar-refractivity contribution >= 4 is 5.96 Å². The molecule has 0 saturated carbocycles. The van der Waals surface area contributed by atoms with Crippen molar-refractivity contribution < 1.29 is 9.13 Å². The summed E-state index contributed by atoms with van der Waals surface area (Å²) in [6.07, 6.45) is 0.835. The molecule has 2 N–H and O–H groups in total. The minimum atomic E-state index is -0.195. The molecule has 1 heterocycles. The number of guanidine groups is 1. The summed E-state index contributed by atoms with van der Waals surface area (Å²) in [5.41, 5.74) is 1.11. The van der Waals surface area contributed by atoms with Crippen LogP contribution in [0.1, 0.15) is 26.3 Å². The predicted octanol–water partition coefficient (Wildman–Crippen LogP) is 2.28. The number of nitrogens with one attached hydrogen (secondary N) is 2. The van der Waals surface area contributed by atoms with Crippen LogP contribution in [-0.2, 0) is 11.2 Å². The maximum atomic E-state index is 13.0. The van der Waals surface area contributed by atoms with Gasteiger partial charge in [-0.1, -0.05) is 26.0 Å². The normalized spacial score (nSPS) is 17.3. The first-order chi connectivity index (χ1) is 12.6. The quantitative estimate of drug-likeness (QED) is 0.549. The lowest BCUT2D eigenvalue weighted by Crippen LogP contribution is -2.48. The SMILES string of the molecule is CCNC(=NCC(C(C)C)N1CCOCC1)NCCc1ccc(F)cc1. The van der Waals surface area contributed by atoms with Gasteiger partial charge in [-0.05, 0) is 37.0 Å². The summed E-state index contributed by atoms with van der Waals surface area (Å²) in [6.45, 7) is 12.5. The molecule has 0 bridgehead atoms. The largest absolute Gasteiger partial charge is 0.379 e. The average Bonchev–Trinajstić information content (AvgIpc) is 2.64. The number of rotatable bonds is 8. The zero-order valence-corrected chi connectivity index (χ0v) is 16.3. The van der Waals surface area contributed by atoms with E-state index in [1.807, 2.05) is 12.1 Å². The summed E-state index contributed by atoms with van der Waals surface area (Å²) in [5.74, 6) is 1.19. The highest BCUT2D eigenvalue weighted by Crippen LogP contribution is 2.13. The van der Waals surface area contributed by atoms with E-state index in [1.54, 1.807) is 0 Å². The molecular weight excluding hydrogens is 331 g/mol. The number of ether oxygens (including phenoxy) is 1. The fourth-order valence-electron chi connectivity index (χ4n) is 3.16. The molecule has 2 rings (SSSR count). The minimum Gasteiger partial charge on any atom is -0.379 e. The number of hydrogen-bond donors (Lipinski definition) is 2. The first kappa shape index (κ1) is 20.6. The van der Waals surface area contributed by atoms with Gasteiger partial charge < -0.3 is 15.4 Å². The van der Waals surface area contributed by atoms with E-state index in [0.29, 0.717) is 12.0 Å². The van der Waals surface area contributed by atoms with Crippen LogP contribution in [-0.4, -0.2) is 62.8 Å². The molecular formula is C20H33FN4O. The fraction of sp³-hybridized carbons (Fsp3) is 0.650. The standard InChI is InChI=1S/C20H33FN4O/c1-4-22-20(23-10-9-17-5-7-18(21)8-6-17)24-15-19(16(2)3)25-11-13-26-14-12-25/h5-8,16,19H,4,9-15H2,1-3H3,(H2,22,23,24). The monoisotopic (exact) mass is 364 g/mol. The number of nitrogens with zero attached hydrogens (tertiary/aromatic N) is 2. The Kier molecular flexibility index (Phi) is 8.85. The Bertz CT molecular complexity index is 541. The molecule has 0 aromatic heterocycles.